The van der Waals surface area contributed by atoms with E-state index in [0.29, 0.717) is 12.1 Å². The fourth-order valence-electron chi connectivity index (χ4n) is 3.13. The van der Waals surface area contributed by atoms with E-state index in [1.54, 1.807) is 0 Å². The fraction of sp³-hybridized carbons (Fsp3) is 0.600. The van der Waals surface area contributed by atoms with Crippen LogP contribution >= 0.6 is 0 Å². The molecule has 2 nitrogen and oxygen atoms in total. The van der Waals surface area contributed by atoms with E-state index < -0.39 is 0 Å². The van der Waals surface area contributed by atoms with Gasteiger partial charge in [-0.25, -0.2) is 0 Å². The van der Waals surface area contributed by atoms with Gasteiger partial charge in [-0.1, -0.05) is 49.6 Å². The van der Waals surface area contributed by atoms with Crippen LogP contribution in [-0.2, 0) is 11.3 Å². The van der Waals surface area contributed by atoms with Gasteiger partial charge >= 0.3 is 0 Å². The van der Waals surface area contributed by atoms with Crippen molar-refractivity contribution in [3.63, 3.8) is 0 Å². The molecular formula is C15H21NO. The highest BCUT2D eigenvalue weighted by Crippen LogP contribution is 2.30. The van der Waals surface area contributed by atoms with Gasteiger partial charge in [0.25, 0.3) is 0 Å². The number of fused-ring (bicyclic) bond motifs is 1. The molecule has 0 N–H and O–H groups in total. The largest absolute Gasteiger partial charge is 0.361 e. The Morgan fingerprint density at radius 1 is 1.06 bits per heavy atom. The van der Waals surface area contributed by atoms with Crippen molar-refractivity contribution in [3.8, 4) is 0 Å². The van der Waals surface area contributed by atoms with Crippen LogP contribution in [0, 0.1) is 0 Å². The number of benzene rings is 1. The first-order valence-electron chi connectivity index (χ1n) is 6.83. The van der Waals surface area contributed by atoms with Crippen LogP contribution in [0.5, 0.6) is 0 Å². The number of hydrogen-bond acceptors (Lipinski definition) is 2. The fourth-order valence-corrected chi connectivity index (χ4v) is 3.13. The summed E-state index contributed by atoms with van der Waals surface area (Å²) in [7, 11) is 0. The molecule has 92 valence electrons. The molecule has 17 heavy (non-hydrogen) atoms. The van der Waals surface area contributed by atoms with Gasteiger partial charge in [0.1, 0.15) is 6.73 Å². The van der Waals surface area contributed by atoms with Crippen LogP contribution in [0.1, 0.15) is 37.7 Å². The third kappa shape index (κ3) is 2.53. The SMILES string of the molecule is c1ccc(CN2CO[C@@H]3CCCCC[C@H]32)cc1. The Morgan fingerprint density at radius 3 is 2.76 bits per heavy atom. The van der Waals surface area contributed by atoms with Gasteiger partial charge in [-0.2, -0.15) is 0 Å². The predicted molar refractivity (Wildman–Crippen MR) is 68.6 cm³/mol. The standard InChI is InChI=1S/C15H21NO/c1-3-7-13(8-4-1)11-16-12-17-15-10-6-2-5-9-14(15)16/h1,3-4,7-8,14-15H,2,5-6,9-12H2/t14-,15-/m1/s1. The van der Waals surface area contributed by atoms with Crippen LogP contribution in [0.3, 0.4) is 0 Å². The second-order valence-corrected chi connectivity index (χ2v) is 5.27. The molecule has 1 aromatic rings. The first kappa shape index (κ1) is 11.2. The van der Waals surface area contributed by atoms with Gasteiger partial charge in [-0.05, 0) is 18.4 Å². The van der Waals surface area contributed by atoms with Crippen LogP contribution in [0.25, 0.3) is 0 Å². The van der Waals surface area contributed by atoms with E-state index in [4.69, 9.17) is 4.74 Å². The normalized spacial score (nSPS) is 29.9. The third-order valence-electron chi connectivity index (χ3n) is 4.07. The Morgan fingerprint density at radius 2 is 1.88 bits per heavy atom. The van der Waals surface area contributed by atoms with Crippen molar-refractivity contribution >= 4 is 0 Å². The average Bonchev–Trinajstić information content (AvgIpc) is 2.61. The van der Waals surface area contributed by atoms with Gasteiger partial charge in [0.15, 0.2) is 0 Å². The van der Waals surface area contributed by atoms with E-state index in [0.717, 1.165) is 13.3 Å². The average molecular weight is 231 g/mol. The number of nitrogens with zero attached hydrogens (tertiary/aromatic N) is 1. The van der Waals surface area contributed by atoms with Gasteiger partial charge < -0.3 is 4.74 Å². The van der Waals surface area contributed by atoms with Gasteiger partial charge in [-0.15, -0.1) is 0 Å². The summed E-state index contributed by atoms with van der Waals surface area (Å²) in [6.45, 7) is 1.87. The molecule has 0 spiro atoms. The molecule has 2 heteroatoms. The van der Waals surface area contributed by atoms with Crippen molar-refractivity contribution in [2.45, 2.75) is 50.8 Å². The summed E-state index contributed by atoms with van der Waals surface area (Å²) in [6.07, 6.45) is 7.18. The topological polar surface area (TPSA) is 12.5 Å². The number of ether oxygens (including phenoxy) is 1. The highest BCUT2D eigenvalue weighted by atomic mass is 16.5. The lowest BCUT2D eigenvalue weighted by Gasteiger charge is -2.24. The lowest BCUT2D eigenvalue weighted by atomic mass is 10.1. The molecule has 1 saturated heterocycles. The van der Waals surface area contributed by atoms with Gasteiger partial charge in [0.05, 0.1) is 6.10 Å². The molecule has 0 amide bonds. The van der Waals surface area contributed by atoms with Crippen LogP contribution in [-0.4, -0.2) is 23.8 Å². The Kier molecular flexibility index (Phi) is 3.44. The molecular weight excluding hydrogens is 210 g/mol. The first-order chi connectivity index (χ1) is 8.43. The molecule has 2 fully saturated rings. The number of rotatable bonds is 2. The van der Waals surface area contributed by atoms with Crippen molar-refractivity contribution in [2.75, 3.05) is 6.73 Å². The second-order valence-electron chi connectivity index (χ2n) is 5.27. The quantitative estimate of drug-likeness (QED) is 0.775. The molecule has 3 rings (SSSR count). The molecule has 0 aromatic heterocycles. The van der Waals surface area contributed by atoms with E-state index in [2.05, 4.69) is 35.2 Å². The van der Waals surface area contributed by atoms with Gasteiger partial charge in [0, 0.05) is 12.6 Å². The van der Waals surface area contributed by atoms with Crippen molar-refractivity contribution in [3.05, 3.63) is 35.9 Å². The third-order valence-corrected chi connectivity index (χ3v) is 4.07. The molecule has 1 aliphatic carbocycles. The summed E-state index contributed by atoms with van der Waals surface area (Å²) in [4.78, 5) is 2.52. The summed E-state index contributed by atoms with van der Waals surface area (Å²) in [6, 6.07) is 11.4. The molecule has 1 heterocycles. The molecule has 2 aliphatic rings. The zero-order valence-corrected chi connectivity index (χ0v) is 10.3. The molecule has 0 radical (unpaired) electrons. The lowest BCUT2D eigenvalue weighted by molar-refractivity contribution is 0.0818. The zero-order valence-electron chi connectivity index (χ0n) is 10.3. The highest BCUT2D eigenvalue weighted by molar-refractivity contribution is 5.14. The summed E-state index contributed by atoms with van der Waals surface area (Å²) in [5.74, 6) is 0. The maximum Gasteiger partial charge on any atom is 0.100 e. The summed E-state index contributed by atoms with van der Waals surface area (Å²) in [5.41, 5.74) is 1.40. The van der Waals surface area contributed by atoms with Crippen LogP contribution < -0.4 is 0 Å². The number of hydrogen-bond donors (Lipinski definition) is 0. The maximum atomic E-state index is 5.95. The Balaban J connectivity index is 1.67. The van der Waals surface area contributed by atoms with E-state index in [1.807, 2.05) is 0 Å². The lowest BCUT2D eigenvalue weighted by Crippen LogP contribution is -2.34. The molecule has 2 atom stereocenters. The minimum Gasteiger partial charge on any atom is -0.361 e. The van der Waals surface area contributed by atoms with E-state index in [-0.39, 0.29) is 0 Å². The van der Waals surface area contributed by atoms with E-state index in [1.165, 1.54) is 37.7 Å². The summed E-state index contributed by atoms with van der Waals surface area (Å²) >= 11 is 0. The first-order valence-corrected chi connectivity index (χ1v) is 6.83. The Hall–Kier alpha value is -0.860. The summed E-state index contributed by atoms with van der Waals surface area (Å²) in [5, 5.41) is 0. The second kappa shape index (κ2) is 5.19. The van der Waals surface area contributed by atoms with E-state index >= 15 is 0 Å². The van der Waals surface area contributed by atoms with Crippen molar-refractivity contribution < 1.29 is 4.74 Å². The summed E-state index contributed by atoms with van der Waals surface area (Å²) < 4.78 is 5.95. The van der Waals surface area contributed by atoms with Crippen molar-refractivity contribution in [1.29, 1.82) is 0 Å². The van der Waals surface area contributed by atoms with Gasteiger partial charge in [-0.3, -0.25) is 4.90 Å². The molecule has 1 aliphatic heterocycles. The van der Waals surface area contributed by atoms with Crippen LogP contribution in [0.15, 0.2) is 30.3 Å². The smallest absolute Gasteiger partial charge is 0.100 e. The van der Waals surface area contributed by atoms with Crippen LogP contribution in [0.4, 0.5) is 0 Å². The van der Waals surface area contributed by atoms with Crippen molar-refractivity contribution in [2.24, 2.45) is 0 Å². The molecule has 0 bridgehead atoms. The Labute approximate surface area is 104 Å². The van der Waals surface area contributed by atoms with Gasteiger partial charge in [0.2, 0.25) is 0 Å². The predicted octanol–water partition coefficient (Wildman–Crippen LogP) is 3.18. The van der Waals surface area contributed by atoms with Crippen LogP contribution in [0.2, 0.25) is 0 Å². The minimum atomic E-state index is 0.501. The minimum absolute atomic E-state index is 0.501. The van der Waals surface area contributed by atoms with Crippen molar-refractivity contribution in [1.82, 2.24) is 4.90 Å². The molecule has 1 saturated carbocycles. The molecule has 1 aromatic carbocycles. The Bertz CT molecular complexity index is 351. The van der Waals surface area contributed by atoms with E-state index in [9.17, 15) is 0 Å². The maximum absolute atomic E-state index is 5.95. The zero-order chi connectivity index (χ0) is 11.5. The monoisotopic (exact) mass is 231 g/mol. The molecule has 0 unspecified atom stereocenters. The highest BCUT2D eigenvalue weighted by Gasteiger charge is 2.35.